The van der Waals surface area contributed by atoms with Crippen molar-refractivity contribution < 1.29 is 9.26 Å². The molecule has 23 heavy (non-hydrogen) atoms. The fourth-order valence-electron chi connectivity index (χ4n) is 2.19. The SMILES string of the molecule is CCc1noc(CC)c1CNC(=NC)NCCOCCC(C)C. The highest BCUT2D eigenvalue weighted by molar-refractivity contribution is 5.79. The summed E-state index contributed by atoms with van der Waals surface area (Å²) in [6.07, 6.45) is 2.82. The van der Waals surface area contributed by atoms with Gasteiger partial charge in [-0.05, 0) is 18.8 Å². The van der Waals surface area contributed by atoms with Crippen molar-refractivity contribution in [3.05, 3.63) is 17.0 Å². The Kier molecular flexibility index (Phi) is 9.36. The van der Waals surface area contributed by atoms with E-state index in [1.165, 1.54) is 0 Å². The van der Waals surface area contributed by atoms with Gasteiger partial charge in [0.25, 0.3) is 0 Å². The van der Waals surface area contributed by atoms with Gasteiger partial charge in [-0.1, -0.05) is 32.9 Å². The van der Waals surface area contributed by atoms with Gasteiger partial charge >= 0.3 is 0 Å². The molecule has 0 spiro atoms. The summed E-state index contributed by atoms with van der Waals surface area (Å²) in [5.74, 6) is 2.39. The van der Waals surface area contributed by atoms with Crippen molar-refractivity contribution in [1.29, 1.82) is 0 Å². The quantitative estimate of drug-likeness (QED) is 0.393. The second-order valence-corrected chi connectivity index (χ2v) is 5.89. The molecule has 0 aliphatic heterocycles. The molecule has 0 unspecified atom stereocenters. The fourth-order valence-corrected chi connectivity index (χ4v) is 2.19. The van der Waals surface area contributed by atoms with Gasteiger partial charge in [0.2, 0.25) is 0 Å². The molecule has 6 heteroatoms. The second kappa shape index (κ2) is 11.0. The molecule has 0 fully saturated rings. The predicted octanol–water partition coefficient (Wildman–Crippen LogP) is 2.53. The molecule has 0 aromatic carbocycles. The maximum Gasteiger partial charge on any atom is 0.191 e. The third-order valence-electron chi connectivity index (χ3n) is 3.64. The van der Waals surface area contributed by atoms with Crippen molar-refractivity contribution in [2.24, 2.45) is 10.9 Å². The molecule has 0 saturated heterocycles. The van der Waals surface area contributed by atoms with Crippen LogP contribution in [0, 0.1) is 5.92 Å². The van der Waals surface area contributed by atoms with Crippen LogP contribution in [0.15, 0.2) is 9.52 Å². The van der Waals surface area contributed by atoms with Crippen molar-refractivity contribution in [2.45, 2.75) is 53.5 Å². The molecule has 2 N–H and O–H groups in total. The van der Waals surface area contributed by atoms with Crippen molar-refractivity contribution in [1.82, 2.24) is 15.8 Å². The molecule has 6 nitrogen and oxygen atoms in total. The number of guanidine groups is 1. The van der Waals surface area contributed by atoms with E-state index < -0.39 is 0 Å². The number of aromatic nitrogens is 1. The Labute approximate surface area is 140 Å². The number of rotatable bonds is 10. The average molecular weight is 324 g/mol. The molecule has 1 aromatic heterocycles. The van der Waals surface area contributed by atoms with Crippen LogP contribution in [0.2, 0.25) is 0 Å². The van der Waals surface area contributed by atoms with E-state index in [1.54, 1.807) is 7.05 Å². The highest BCUT2D eigenvalue weighted by atomic mass is 16.5. The molecular formula is C17H32N4O2. The van der Waals surface area contributed by atoms with Gasteiger partial charge in [0.05, 0.1) is 12.3 Å². The lowest BCUT2D eigenvalue weighted by Crippen LogP contribution is -2.38. The van der Waals surface area contributed by atoms with Gasteiger partial charge in [-0.15, -0.1) is 0 Å². The van der Waals surface area contributed by atoms with Crippen LogP contribution in [-0.4, -0.2) is 37.9 Å². The van der Waals surface area contributed by atoms with Gasteiger partial charge in [0, 0.05) is 38.7 Å². The van der Waals surface area contributed by atoms with Crippen LogP contribution in [0.3, 0.4) is 0 Å². The lowest BCUT2D eigenvalue weighted by molar-refractivity contribution is 0.128. The Morgan fingerprint density at radius 2 is 2.00 bits per heavy atom. The Morgan fingerprint density at radius 1 is 1.22 bits per heavy atom. The lowest BCUT2D eigenvalue weighted by atomic mass is 10.1. The summed E-state index contributed by atoms with van der Waals surface area (Å²) >= 11 is 0. The van der Waals surface area contributed by atoms with E-state index in [4.69, 9.17) is 9.26 Å². The van der Waals surface area contributed by atoms with Crippen molar-refractivity contribution >= 4 is 5.96 Å². The first-order valence-electron chi connectivity index (χ1n) is 8.60. The second-order valence-electron chi connectivity index (χ2n) is 5.89. The molecule has 1 aromatic rings. The number of hydrogen-bond donors (Lipinski definition) is 2. The molecule has 1 heterocycles. The summed E-state index contributed by atoms with van der Waals surface area (Å²) in [7, 11) is 1.77. The highest BCUT2D eigenvalue weighted by Crippen LogP contribution is 2.15. The van der Waals surface area contributed by atoms with E-state index in [2.05, 4.69) is 48.5 Å². The van der Waals surface area contributed by atoms with Crippen LogP contribution in [0.25, 0.3) is 0 Å². The third kappa shape index (κ3) is 7.03. The number of hydrogen-bond acceptors (Lipinski definition) is 4. The zero-order valence-corrected chi connectivity index (χ0v) is 15.2. The van der Waals surface area contributed by atoms with Gasteiger partial charge < -0.3 is 19.9 Å². The molecule has 0 aliphatic rings. The number of aliphatic imine (C=N–C) groups is 1. The minimum absolute atomic E-state index is 0.670. The van der Waals surface area contributed by atoms with Gasteiger partial charge in [-0.2, -0.15) is 0 Å². The Morgan fingerprint density at radius 3 is 2.61 bits per heavy atom. The van der Waals surface area contributed by atoms with Gasteiger partial charge in [0.15, 0.2) is 5.96 Å². The van der Waals surface area contributed by atoms with Crippen LogP contribution in [0.4, 0.5) is 0 Å². The van der Waals surface area contributed by atoms with Gasteiger partial charge in [-0.25, -0.2) is 0 Å². The monoisotopic (exact) mass is 324 g/mol. The van der Waals surface area contributed by atoms with Gasteiger partial charge in [-0.3, -0.25) is 4.99 Å². The largest absolute Gasteiger partial charge is 0.380 e. The zero-order chi connectivity index (χ0) is 17.1. The van der Waals surface area contributed by atoms with Crippen LogP contribution in [0.5, 0.6) is 0 Å². The van der Waals surface area contributed by atoms with Crippen molar-refractivity contribution in [2.75, 3.05) is 26.8 Å². The van der Waals surface area contributed by atoms with E-state index in [1.807, 2.05) is 0 Å². The molecule has 0 bridgehead atoms. The maximum atomic E-state index is 5.59. The molecule has 0 saturated carbocycles. The van der Waals surface area contributed by atoms with E-state index in [0.29, 0.717) is 19.1 Å². The first-order valence-corrected chi connectivity index (χ1v) is 8.60. The summed E-state index contributed by atoms with van der Waals surface area (Å²) in [4.78, 5) is 4.23. The molecule has 132 valence electrons. The molecular weight excluding hydrogens is 292 g/mol. The predicted molar refractivity (Wildman–Crippen MR) is 93.7 cm³/mol. The Hall–Kier alpha value is -1.56. The van der Waals surface area contributed by atoms with Crippen molar-refractivity contribution in [3.63, 3.8) is 0 Å². The smallest absolute Gasteiger partial charge is 0.191 e. The summed E-state index contributed by atoms with van der Waals surface area (Å²) in [5, 5.41) is 10.7. The number of ether oxygens (including phenoxy) is 1. The lowest BCUT2D eigenvalue weighted by Gasteiger charge is -2.12. The van der Waals surface area contributed by atoms with Crippen LogP contribution < -0.4 is 10.6 Å². The molecule has 0 radical (unpaired) electrons. The van der Waals surface area contributed by atoms with Crippen LogP contribution in [-0.2, 0) is 24.1 Å². The minimum atomic E-state index is 0.670. The summed E-state index contributed by atoms with van der Waals surface area (Å²) in [6.45, 7) is 11.5. The first kappa shape index (κ1) is 19.5. The summed E-state index contributed by atoms with van der Waals surface area (Å²) < 4.78 is 11.0. The summed E-state index contributed by atoms with van der Waals surface area (Å²) in [5.41, 5.74) is 2.16. The fraction of sp³-hybridized carbons (Fsp3) is 0.765. The number of nitrogens with zero attached hydrogens (tertiary/aromatic N) is 2. The number of aryl methyl sites for hydroxylation is 2. The molecule has 0 atom stereocenters. The average Bonchev–Trinajstić information content (AvgIpc) is 2.95. The normalized spacial score (nSPS) is 12.0. The minimum Gasteiger partial charge on any atom is -0.380 e. The zero-order valence-electron chi connectivity index (χ0n) is 15.2. The maximum absolute atomic E-state index is 5.59. The topological polar surface area (TPSA) is 71.7 Å². The summed E-state index contributed by atoms with van der Waals surface area (Å²) in [6, 6.07) is 0. The van der Waals surface area contributed by atoms with Crippen molar-refractivity contribution in [3.8, 4) is 0 Å². The van der Waals surface area contributed by atoms with Crippen LogP contribution in [0.1, 0.15) is 51.1 Å². The third-order valence-corrected chi connectivity index (χ3v) is 3.64. The standard InChI is InChI=1S/C17H32N4O2/c1-6-15-14(16(7-2)23-21-15)12-20-17(18-5)19-9-11-22-10-8-13(3)4/h13H,6-12H2,1-5H3,(H2,18,19,20). The Balaban J connectivity index is 2.33. The van der Waals surface area contributed by atoms with E-state index >= 15 is 0 Å². The van der Waals surface area contributed by atoms with E-state index in [0.717, 1.165) is 55.4 Å². The van der Waals surface area contributed by atoms with Gasteiger partial charge in [0.1, 0.15) is 5.76 Å². The Bertz CT molecular complexity index is 448. The van der Waals surface area contributed by atoms with E-state index in [-0.39, 0.29) is 0 Å². The van der Waals surface area contributed by atoms with Crippen LogP contribution >= 0.6 is 0 Å². The molecule has 1 rings (SSSR count). The highest BCUT2D eigenvalue weighted by Gasteiger charge is 2.13. The van der Waals surface area contributed by atoms with E-state index in [9.17, 15) is 0 Å². The molecule has 0 aliphatic carbocycles. The first-order chi connectivity index (χ1) is 11.1. The number of nitrogens with one attached hydrogen (secondary N) is 2. The molecule has 0 amide bonds.